The minimum Gasteiger partial charge on any atom is -0.508 e. The number of phenolic OH excluding ortho intramolecular Hbond substituents is 1. The quantitative estimate of drug-likeness (QED) is 0.189. The van der Waals surface area contributed by atoms with Crippen LogP contribution < -0.4 is 5.43 Å². The summed E-state index contributed by atoms with van der Waals surface area (Å²) in [6.45, 7) is 21.5. The SMILES string of the molecule is C=C(/C=C\c1c(C)sc2cc(-n3c4c(C)cc(C)cc4c4cc(O)cc(C)c43)ccc2c1=O)n1c2c(C)cc(C)cc2c2cc(C)cc(C)c21. The Kier molecular flexibility index (Phi) is 7.22. The van der Waals surface area contributed by atoms with Gasteiger partial charge >= 0.3 is 0 Å². The van der Waals surface area contributed by atoms with E-state index in [4.69, 9.17) is 0 Å². The van der Waals surface area contributed by atoms with Crippen LogP contribution in [0.15, 0.2) is 84.2 Å². The summed E-state index contributed by atoms with van der Waals surface area (Å²) in [6, 6.07) is 23.2. The van der Waals surface area contributed by atoms with Gasteiger partial charge in [-0.3, -0.25) is 4.79 Å². The van der Waals surface area contributed by atoms with Crippen molar-refractivity contribution in [3.8, 4) is 11.4 Å². The zero-order valence-corrected chi connectivity index (χ0v) is 30.7. The van der Waals surface area contributed by atoms with Crippen molar-refractivity contribution in [2.75, 3.05) is 0 Å². The van der Waals surface area contributed by atoms with Crippen molar-refractivity contribution in [1.29, 1.82) is 0 Å². The first-order valence-corrected chi connectivity index (χ1v) is 17.9. The molecule has 0 bridgehead atoms. The number of hydrogen-bond donors (Lipinski definition) is 1. The van der Waals surface area contributed by atoms with Crippen LogP contribution in [-0.4, -0.2) is 14.2 Å². The number of aromatic hydroxyl groups is 1. The molecule has 0 saturated heterocycles. The molecule has 0 aliphatic heterocycles. The maximum absolute atomic E-state index is 14.1. The lowest BCUT2D eigenvalue weighted by Gasteiger charge is -2.13. The number of aromatic nitrogens is 2. The monoisotopic (exact) mass is 672 g/mol. The van der Waals surface area contributed by atoms with Gasteiger partial charge in [-0.1, -0.05) is 41.5 Å². The Balaban J connectivity index is 1.27. The van der Waals surface area contributed by atoms with Gasteiger partial charge in [-0.2, -0.15) is 0 Å². The lowest BCUT2D eigenvalue weighted by molar-refractivity contribution is 0.476. The summed E-state index contributed by atoms with van der Waals surface area (Å²) < 4.78 is 5.49. The number of rotatable bonds is 4. The molecular formula is C45H40N2O2S. The standard InChI is InChI=1S/C45H40N2O2S/c1-23-14-26(4)41-36(17-23)37-18-24(2)15-27(5)42(37)46(41)30(8)10-12-34-31(9)50-40-21-32(11-13-35(40)45(34)49)47-43-28(6)16-25(3)19-38(43)39-22-33(48)20-29(7)44(39)47/h10-22,48H,8H2,1-7,9H3/b12-10-. The third-order valence-corrected chi connectivity index (χ3v) is 11.3. The van der Waals surface area contributed by atoms with Crippen molar-refractivity contribution in [3.05, 3.63) is 139 Å². The van der Waals surface area contributed by atoms with Crippen LogP contribution in [0.5, 0.6) is 5.75 Å². The van der Waals surface area contributed by atoms with Gasteiger partial charge in [0.05, 0.1) is 22.1 Å². The van der Waals surface area contributed by atoms with Crippen LogP contribution in [0, 0.1) is 55.4 Å². The van der Waals surface area contributed by atoms with E-state index in [1.165, 1.54) is 44.2 Å². The highest BCUT2D eigenvalue weighted by Gasteiger charge is 2.20. The first-order valence-electron chi connectivity index (χ1n) is 17.0. The van der Waals surface area contributed by atoms with Crippen LogP contribution >= 0.6 is 11.3 Å². The maximum Gasteiger partial charge on any atom is 0.195 e. The summed E-state index contributed by atoms with van der Waals surface area (Å²) in [7, 11) is 0. The van der Waals surface area contributed by atoms with Gasteiger partial charge in [0, 0.05) is 53.5 Å². The van der Waals surface area contributed by atoms with Gasteiger partial charge in [-0.15, -0.1) is 11.3 Å². The van der Waals surface area contributed by atoms with Crippen molar-refractivity contribution >= 4 is 76.8 Å². The molecule has 3 heterocycles. The summed E-state index contributed by atoms with van der Waals surface area (Å²) in [5.74, 6) is 0.262. The van der Waals surface area contributed by atoms with E-state index in [0.29, 0.717) is 10.9 Å². The lowest BCUT2D eigenvalue weighted by atomic mass is 10.0. The molecule has 0 unspecified atom stereocenters. The van der Waals surface area contributed by atoms with Gasteiger partial charge in [0.2, 0.25) is 0 Å². The Labute approximate surface area is 295 Å². The molecule has 0 radical (unpaired) electrons. The molecule has 0 saturated carbocycles. The molecule has 0 aliphatic carbocycles. The first-order chi connectivity index (χ1) is 23.8. The second-order valence-corrected chi connectivity index (χ2v) is 15.4. The fraction of sp³-hybridized carbons (Fsp3) is 0.178. The van der Waals surface area contributed by atoms with Crippen LogP contribution in [0.3, 0.4) is 0 Å². The number of hydrogen-bond acceptors (Lipinski definition) is 3. The zero-order chi connectivity index (χ0) is 35.3. The van der Waals surface area contributed by atoms with E-state index in [0.717, 1.165) is 59.4 Å². The molecule has 50 heavy (non-hydrogen) atoms. The van der Waals surface area contributed by atoms with E-state index in [1.807, 2.05) is 44.2 Å². The van der Waals surface area contributed by atoms with E-state index < -0.39 is 0 Å². The van der Waals surface area contributed by atoms with Crippen LogP contribution in [0.1, 0.15) is 49.4 Å². The molecule has 0 fully saturated rings. The maximum atomic E-state index is 14.1. The van der Waals surface area contributed by atoms with Crippen molar-refractivity contribution < 1.29 is 5.11 Å². The molecule has 5 heteroatoms. The predicted octanol–water partition coefficient (Wildman–Crippen LogP) is 11.8. The highest BCUT2D eigenvalue weighted by molar-refractivity contribution is 7.18. The molecule has 248 valence electrons. The molecule has 8 rings (SSSR count). The minimum atomic E-state index is 0.0165. The highest BCUT2D eigenvalue weighted by Crippen LogP contribution is 2.40. The third-order valence-electron chi connectivity index (χ3n) is 10.2. The van der Waals surface area contributed by atoms with Crippen molar-refractivity contribution in [2.45, 2.75) is 55.4 Å². The van der Waals surface area contributed by atoms with Crippen LogP contribution in [-0.2, 0) is 0 Å². The molecule has 8 aromatic rings. The second-order valence-electron chi connectivity index (χ2n) is 14.2. The Morgan fingerprint density at radius 1 is 0.640 bits per heavy atom. The third kappa shape index (κ3) is 4.75. The number of allylic oxidation sites excluding steroid dienone is 2. The molecule has 0 aliphatic rings. The molecule has 4 nitrogen and oxygen atoms in total. The minimum absolute atomic E-state index is 0.0165. The largest absolute Gasteiger partial charge is 0.508 e. The van der Waals surface area contributed by atoms with Gasteiger partial charge in [0.1, 0.15) is 5.75 Å². The van der Waals surface area contributed by atoms with Crippen LogP contribution in [0.25, 0.3) is 71.2 Å². The van der Waals surface area contributed by atoms with Crippen molar-refractivity contribution in [2.24, 2.45) is 0 Å². The molecule has 0 amide bonds. The van der Waals surface area contributed by atoms with E-state index in [2.05, 4.69) is 106 Å². The predicted molar refractivity (Wildman–Crippen MR) is 216 cm³/mol. The van der Waals surface area contributed by atoms with E-state index in [-0.39, 0.29) is 11.2 Å². The van der Waals surface area contributed by atoms with Gasteiger partial charge in [-0.05, 0) is 138 Å². The summed E-state index contributed by atoms with van der Waals surface area (Å²) in [5.41, 5.74) is 15.2. The van der Waals surface area contributed by atoms with Gasteiger partial charge in [0.15, 0.2) is 5.43 Å². The number of fused-ring (bicyclic) bond motifs is 7. The fourth-order valence-electron chi connectivity index (χ4n) is 8.31. The topological polar surface area (TPSA) is 47.2 Å². The van der Waals surface area contributed by atoms with Gasteiger partial charge in [-0.25, -0.2) is 0 Å². The Morgan fingerprint density at radius 2 is 1.14 bits per heavy atom. The number of nitrogens with zero attached hydrogens (tertiary/aromatic N) is 2. The normalized spacial score (nSPS) is 12.2. The summed E-state index contributed by atoms with van der Waals surface area (Å²) in [6.07, 6.45) is 3.94. The molecule has 3 aromatic heterocycles. The van der Waals surface area contributed by atoms with Crippen LogP contribution in [0.4, 0.5) is 0 Å². The highest BCUT2D eigenvalue weighted by atomic mass is 32.1. The average molecular weight is 673 g/mol. The van der Waals surface area contributed by atoms with E-state index >= 15 is 0 Å². The second kappa shape index (κ2) is 11.3. The summed E-state index contributed by atoms with van der Waals surface area (Å²) in [4.78, 5) is 15.1. The van der Waals surface area contributed by atoms with E-state index in [9.17, 15) is 9.90 Å². The van der Waals surface area contributed by atoms with Gasteiger partial charge in [0.25, 0.3) is 0 Å². The Bertz CT molecular complexity index is 2760. The Hall–Kier alpha value is -5.39. The van der Waals surface area contributed by atoms with Crippen molar-refractivity contribution in [1.82, 2.24) is 9.13 Å². The smallest absolute Gasteiger partial charge is 0.195 e. The van der Waals surface area contributed by atoms with E-state index in [1.54, 1.807) is 11.3 Å². The summed E-state index contributed by atoms with van der Waals surface area (Å²) in [5, 5.41) is 15.8. The molecule has 0 spiro atoms. The van der Waals surface area contributed by atoms with Crippen molar-refractivity contribution in [3.63, 3.8) is 0 Å². The summed E-state index contributed by atoms with van der Waals surface area (Å²) >= 11 is 1.64. The molecule has 1 N–H and O–H groups in total. The van der Waals surface area contributed by atoms with Crippen LogP contribution in [0.2, 0.25) is 0 Å². The fourth-order valence-corrected chi connectivity index (χ4v) is 9.36. The average Bonchev–Trinajstić information content (AvgIpc) is 3.54. The molecular weight excluding hydrogens is 633 g/mol. The number of aryl methyl sites for hydroxylation is 8. The number of phenols is 1. The molecule has 5 aromatic carbocycles. The number of benzene rings is 5. The lowest BCUT2D eigenvalue weighted by Crippen LogP contribution is -2.07. The first kappa shape index (κ1) is 31.9. The van der Waals surface area contributed by atoms with Gasteiger partial charge < -0.3 is 14.2 Å². The molecule has 0 atom stereocenters. The Morgan fingerprint density at radius 3 is 1.72 bits per heavy atom. The zero-order valence-electron chi connectivity index (χ0n) is 29.9.